The van der Waals surface area contributed by atoms with E-state index < -0.39 is 6.09 Å². The molecule has 1 amide bonds. The highest BCUT2D eigenvalue weighted by Gasteiger charge is 2.33. The van der Waals surface area contributed by atoms with Crippen LogP contribution in [0.4, 0.5) is 10.5 Å². The first kappa shape index (κ1) is 21.0. The summed E-state index contributed by atoms with van der Waals surface area (Å²) in [5.41, 5.74) is 3.94. The van der Waals surface area contributed by atoms with Gasteiger partial charge in [-0.1, -0.05) is 12.1 Å². The van der Waals surface area contributed by atoms with Crippen LogP contribution in [0.5, 0.6) is 11.5 Å². The van der Waals surface area contributed by atoms with Crippen molar-refractivity contribution in [2.24, 2.45) is 0 Å². The van der Waals surface area contributed by atoms with Gasteiger partial charge in [-0.15, -0.1) is 0 Å². The van der Waals surface area contributed by atoms with E-state index in [-0.39, 0.29) is 6.04 Å². The Balaban J connectivity index is 1.65. The van der Waals surface area contributed by atoms with Crippen molar-refractivity contribution < 1.29 is 14.3 Å². The summed E-state index contributed by atoms with van der Waals surface area (Å²) < 4.78 is 13.5. The molecule has 2 aliphatic rings. The molecule has 1 N–H and O–H groups in total. The zero-order chi connectivity index (χ0) is 22.9. The highest BCUT2D eigenvalue weighted by atomic mass is 16.5. The van der Waals surface area contributed by atoms with Crippen LogP contribution in [-0.2, 0) is 11.2 Å². The average Bonchev–Trinajstić information content (AvgIpc) is 3.26. The summed E-state index contributed by atoms with van der Waals surface area (Å²) in [7, 11) is 1.39. The van der Waals surface area contributed by atoms with Gasteiger partial charge in [-0.25, -0.2) is 4.79 Å². The fraction of sp³-hybridized carbons (Fsp3) is 0.320. The molecule has 168 valence electrons. The van der Waals surface area contributed by atoms with Crippen molar-refractivity contribution in [2.75, 3.05) is 25.1 Å². The van der Waals surface area contributed by atoms with E-state index >= 15 is 0 Å². The van der Waals surface area contributed by atoms with E-state index in [0.717, 1.165) is 48.3 Å². The number of anilines is 1. The van der Waals surface area contributed by atoms with Crippen LogP contribution in [0.2, 0.25) is 0 Å². The van der Waals surface area contributed by atoms with Crippen molar-refractivity contribution in [3.05, 3.63) is 59.9 Å². The summed E-state index contributed by atoms with van der Waals surface area (Å²) in [6, 6.07) is 13.6. The lowest BCUT2D eigenvalue weighted by Crippen LogP contribution is -2.43. The lowest BCUT2D eigenvalue weighted by molar-refractivity contribution is 0.175. The Labute approximate surface area is 192 Å². The van der Waals surface area contributed by atoms with Gasteiger partial charge < -0.3 is 14.8 Å². The fourth-order valence-corrected chi connectivity index (χ4v) is 4.42. The number of hydrogen-bond acceptors (Lipinski definition) is 6. The number of carbonyl (C=O) groups excluding carboxylic acids is 1. The van der Waals surface area contributed by atoms with Crippen molar-refractivity contribution in [2.45, 2.75) is 31.8 Å². The van der Waals surface area contributed by atoms with E-state index in [1.165, 1.54) is 7.11 Å². The number of nitrogens with zero attached hydrogens (tertiary/aromatic N) is 4. The molecular formula is C25H25N5O3. The molecule has 8 heteroatoms. The Bertz CT molecular complexity index is 1240. The summed E-state index contributed by atoms with van der Waals surface area (Å²) in [4.78, 5) is 14.3. The molecule has 0 bridgehead atoms. The van der Waals surface area contributed by atoms with Crippen LogP contribution in [0, 0.1) is 11.3 Å². The minimum Gasteiger partial charge on any atom is -0.455 e. The van der Waals surface area contributed by atoms with Crippen LogP contribution in [-0.4, -0.2) is 42.1 Å². The number of methoxy groups -OCH3 is 1. The van der Waals surface area contributed by atoms with Gasteiger partial charge >= 0.3 is 6.09 Å². The number of benzene rings is 2. The largest absolute Gasteiger partial charge is 0.455 e. The fourth-order valence-electron chi connectivity index (χ4n) is 4.42. The lowest BCUT2D eigenvalue weighted by atomic mass is 9.92. The van der Waals surface area contributed by atoms with Gasteiger partial charge in [0, 0.05) is 42.0 Å². The van der Waals surface area contributed by atoms with E-state index in [4.69, 9.17) is 9.47 Å². The van der Waals surface area contributed by atoms with Gasteiger partial charge in [-0.2, -0.15) is 10.4 Å². The number of para-hydroxylation sites is 1. The zero-order valence-corrected chi connectivity index (χ0v) is 18.6. The first-order valence-electron chi connectivity index (χ1n) is 11.1. The Morgan fingerprint density at radius 2 is 2.06 bits per heavy atom. The summed E-state index contributed by atoms with van der Waals surface area (Å²) >= 11 is 0. The Morgan fingerprint density at radius 3 is 2.79 bits per heavy atom. The van der Waals surface area contributed by atoms with Gasteiger partial charge in [-0.05, 0) is 44.0 Å². The minimum atomic E-state index is -0.398. The maximum absolute atomic E-state index is 12.6. The summed E-state index contributed by atoms with van der Waals surface area (Å²) in [6.07, 6.45) is 4.98. The monoisotopic (exact) mass is 443 g/mol. The maximum atomic E-state index is 12.6. The average molecular weight is 444 g/mol. The van der Waals surface area contributed by atoms with Crippen molar-refractivity contribution >= 4 is 11.8 Å². The smallest absolute Gasteiger partial charge is 0.414 e. The van der Waals surface area contributed by atoms with Crippen molar-refractivity contribution in [1.82, 2.24) is 15.1 Å². The number of amides is 1. The molecule has 2 aromatic carbocycles. The van der Waals surface area contributed by atoms with E-state index in [0.29, 0.717) is 23.1 Å². The molecule has 8 nitrogen and oxygen atoms in total. The van der Waals surface area contributed by atoms with Crippen LogP contribution >= 0.6 is 0 Å². The predicted molar refractivity (Wildman–Crippen MR) is 123 cm³/mol. The summed E-state index contributed by atoms with van der Waals surface area (Å²) in [6.45, 7) is 3.81. The summed E-state index contributed by atoms with van der Waals surface area (Å²) in [5.74, 6) is 1.12. The van der Waals surface area contributed by atoms with Gasteiger partial charge in [0.1, 0.15) is 17.6 Å². The number of hydrogen-bond donors (Lipinski definition) is 1. The molecule has 2 aliphatic heterocycles. The molecule has 0 aliphatic carbocycles. The number of ether oxygens (including phenoxy) is 2. The SMILES string of the molecule is COC(=O)N1c2ccc(-c3cnn(C4CNC4)c3)c(Oc3ccccc3C#N)c2CCC1C. The second-order valence-electron chi connectivity index (χ2n) is 8.40. The van der Waals surface area contributed by atoms with Crippen LogP contribution in [0.3, 0.4) is 0 Å². The normalized spacial score (nSPS) is 17.6. The number of nitriles is 1. The number of nitrogens with one attached hydrogen (secondary N) is 1. The van der Waals surface area contributed by atoms with Gasteiger partial charge in [0.05, 0.1) is 30.6 Å². The van der Waals surface area contributed by atoms with Crippen LogP contribution in [0.1, 0.15) is 30.5 Å². The topological polar surface area (TPSA) is 92.4 Å². The van der Waals surface area contributed by atoms with Gasteiger partial charge in [0.25, 0.3) is 0 Å². The molecule has 5 rings (SSSR count). The number of carbonyl (C=O) groups is 1. The van der Waals surface area contributed by atoms with E-state index in [1.807, 2.05) is 48.3 Å². The second-order valence-corrected chi connectivity index (χ2v) is 8.40. The highest BCUT2D eigenvalue weighted by Crippen LogP contribution is 2.45. The molecule has 33 heavy (non-hydrogen) atoms. The quantitative estimate of drug-likeness (QED) is 0.648. The molecule has 0 radical (unpaired) electrons. The molecule has 3 heterocycles. The van der Waals surface area contributed by atoms with Gasteiger partial charge in [0.15, 0.2) is 0 Å². The molecule has 1 saturated heterocycles. The van der Waals surface area contributed by atoms with Crippen molar-refractivity contribution in [3.63, 3.8) is 0 Å². The first-order chi connectivity index (χ1) is 16.1. The first-order valence-corrected chi connectivity index (χ1v) is 11.1. The third kappa shape index (κ3) is 3.70. The van der Waals surface area contributed by atoms with Crippen LogP contribution in [0.15, 0.2) is 48.8 Å². The molecule has 1 atom stereocenters. The number of rotatable bonds is 4. The molecule has 1 aromatic heterocycles. The third-order valence-electron chi connectivity index (χ3n) is 6.39. The Hall–Kier alpha value is -3.83. The minimum absolute atomic E-state index is 0.00362. The maximum Gasteiger partial charge on any atom is 0.414 e. The molecule has 1 fully saturated rings. The second kappa shape index (κ2) is 8.60. The van der Waals surface area contributed by atoms with Crippen molar-refractivity contribution in [1.29, 1.82) is 5.26 Å². The molecular weight excluding hydrogens is 418 g/mol. The zero-order valence-electron chi connectivity index (χ0n) is 18.6. The van der Waals surface area contributed by atoms with Crippen LogP contribution < -0.4 is 15.0 Å². The van der Waals surface area contributed by atoms with Crippen molar-refractivity contribution in [3.8, 4) is 28.7 Å². The van der Waals surface area contributed by atoms with E-state index in [2.05, 4.69) is 16.5 Å². The van der Waals surface area contributed by atoms with Crippen LogP contribution in [0.25, 0.3) is 11.1 Å². The third-order valence-corrected chi connectivity index (χ3v) is 6.39. The highest BCUT2D eigenvalue weighted by molar-refractivity contribution is 5.92. The lowest BCUT2D eigenvalue weighted by Gasteiger charge is -2.35. The molecule has 0 saturated carbocycles. The Kier molecular flexibility index (Phi) is 5.48. The molecule has 0 spiro atoms. The summed E-state index contributed by atoms with van der Waals surface area (Å²) in [5, 5.41) is 17.4. The number of fused-ring (bicyclic) bond motifs is 1. The van der Waals surface area contributed by atoms with E-state index in [9.17, 15) is 10.1 Å². The predicted octanol–water partition coefficient (Wildman–Crippen LogP) is 4.27. The van der Waals surface area contributed by atoms with Gasteiger partial charge in [0.2, 0.25) is 0 Å². The standard InChI is InChI=1S/C25H25N5O3/c1-16-7-8-21-22(30(16)25(31)32-2)10-9-20(18-12-28-29(15-18)19-13-27-14-19)24(21)33-23-6-4-3-5-17(23)11-26/h3-6,9-10,12,15-16,19,27H,7-8,13-14H2,1-2H3. The van der Waals surface area contributed by atoms with E-state index in [1.54, 1.807) is 17.0 Å². The number of aromatic nitrogens is 2. The Morgan fingerprint density at radius 1 is 1.24 bits per heavy atom. The molecule has 1 unspecified atom stereocenters. The molecule has 3 aromatic rings. The van der Waals surface area contributed by atoms with Gasteiger partial charge in [-0.3, -0.25) is 9.58 Å².